The van der Waals surface area contributed by atoms with E-state index in [-0.39, 0.29) is 18.4 Å². The molecule has 1 unspecified atom stereocenters. The number of ether oxygens (including phenoxy) is 1. The van der Waals surface area contributed by atoms with Gasteiger partial charge in [0.05, 0.1) is 13.2 Å². The molecule has 6 heteroatoms. The monoisotopic (exact) mass is 295 g/mol. The maximum atomic E-state index is 12.3. The average Bonchev–Trinajstić information content (AvgIpc) is 2.89. The van der Waals surface area contributed by atoms with E-state index >= 15 is 0 Å². The minimum atomic E-state index is -0.822. The smallest absolute Gasteiger partial charge is 0.303 e. The number of aryl methyl sites for hydroxylation is 1. The number of nitrogens with zero attached hydrogens (tertiary/aromatic N) is 1. The first kappa shape index (κ1) is 15.6. The summed E-state index contributed by atoms with van der Waals surface area (Å²) < 4.78 is 11.1. The third-order valence-corrected chi connectivity index (χ3v) is 3.57. The summed E-state index contributed by atoms with van der Waals surface area (Å²) in [6, 6.07) is 3.57. The van der Waals surface area contributed by atoms with Crippen molar-refractivity contribution < 1.29 is 23.8 Å². The van der Waals surface area contributed by atoms with Crippen molar-refractivity contribution in [3.05, 3.63) is 23.7 Å². The number of carbonyl (C=O) groups is 2. The lowest BCUT2D eigenvalue weighted by Gasteiger charge is -2.34. The van der Waals surface area contributed by atoms with Gasteiger partial charge in [0.2, 0.25) is 5.91 Å². The predicted octanol–water partition coefficient (Wildman–Crippen LogP) is 2.13. The van der Waals surface area contributed by atoms with Crippen molar-refractivity contribution >= 4 is 11.9 Å². The minimum absolute atomic E-state index is 0.0303. The van der Waals surface area contributed by atoms with Crippen molar-refractivity contribution in [1.82, 2.24) is 4.90 Å². The van der Waals surface area contributed by atoms with Crippen LogP contribution in [0.15, 0.2) is 16.5 Å². The quantitative estimate of drug-likeness (QED) is 0.813. The number of furan rings is 1. The zero-order valence-corrected chi connectivity index (χ0v) is 12.2. The van der Waals surface area contributed by atoms with Gasteiger partial charge in [-0.15, -0.1) is 0 Å². The van der Waals surface area contributed by atoms with Gasteiger partial charge >= 0.3 is 5.97 Å². The predicted molar refractivity (Wildman–Crippen MR) is 74.8 cm³/mol. The van der Waals surface area contributed by atoms with Crippen molar-refractivity contribution in [2.24, 2.45) is 0 Å². The number of aliphatic carboxylic acids is 1. The fourth-order valence-electron chi connectivity index (χ4n) is 2.47. The zero-order chi connectivity index (χ0) is 15.2. The first-order valence-electron chi connectivity index (χ1n) is 7.23. The molecule has 21 heavy (non-hydrogen) atoms. The van der Waals surface area contributed by atoms with E-state index < -0.39 is 5.97 Å². The first-order valence-corrected chi connectivity index (χ1v) is 7.23. The second-order valence-corrected chi connectivity index (χ2v) is 5.23. The Bertz CT molecular complexity index is 496. The van der Waals surface area contributed by atoms with Crippen molar-refractivity contribution in [3.63, 3.8) is 0 Å². The molecule has 1 aromatic heterocycles. The number of amides is 1. The summed E-state index contributed by atoms with van der Waals surface area (Å²) in [5.74, 6) is 0.760. The molecule has 116 valence electrons. The van der Waals surface area contributed by atoms with Crippen LogP contribution in [0.25, 0.3) is 0 Å². The highest BCUT2D eigenvalue weighted by atomic mass is 16.5. The number of hydrogen-bond donors (Lipinski definition) is 1. The molecule has 0 bridgehead atoms. The van der Waals surface area contributed by atoms with Crippen LogP contribution >= 0.6 is 0 Å². The van der Waals surface area contributed by atoms with Crippen LogP contribution in [0, 0.1) is 6.92 Å². The lowest BCUT2D eigenvalue weighted by molar-refractivity contribution is -0.141. The van der Waals surface area contributed by atoms with Crippen molar-refractivity contribution in [2.75, 3.05) is 19.8 Å². The standard InChI is InChI=1S/C15H21NO5/c1-11-6-7-13(21-11)12-10-20-9-8-16(12)14(17)4-2-3-5-15(18)19/h6-7,12H,2-5,8-10H2,1H3,(H,18,19). The number of carbonyl (C=O) groups excluding carboxylic acids is 1. The molecule has 1 aliphatic heterocycles. The highest BCUT2D eigenvalue weighted by Gasteiger charge is 2.30. The van der Waals surface area contributed by atoms with Gasteiger partial charge in [-0.05, 0) is 31.9 Å². The number of hydrogen-bond acceptors (Lipinski definition) is 4. The van der Waals surface area contributed by atoms with E-state index in [2.05, 4.69) is 0 Å². The molecule has 1 amide bonds. The van der Waals surface area contributed by atoms with E-state index in [9.17, 15) is 9.59 Å². The Hall–Kier alpha value is -1.82. The van der Waals surface area contributed by atoms with Gasteiger partial charge in [0.1, 0.15) is 17.6 Å². The van der Waals surface area contributed by atoms with Crippen LogP contribution in [0.2, 0.25) is 0 Å². The van der Waals surface area contributed by atoms with E-state index in [4.69, 9.17) is 14.3 Å². The van der Waals surface area contributed by atoms with Gasteiger partial charge in [-0.1, -0.05) is 0 Å². The van der Waals surface area contributed by atoms with E-state index in [1.54, 1.807) is 4.90 Å². The number of morpholine rings is 1. The summed E-state index contributed by atoms with van der Waals surface area (Å²) >= 11 is 0. The Morgan fingerprint density at radius 1 is 1.33 bits per heavy atom. The van der Waals surface area contributed by atoms with Gasteiger partial charge in [0.15, 0.2) is 0 Å². The van der Waals surface area contributed by atoms with Crippen LogP contribution in [0.5, 0.6) is 0 Å². The second kappa shape index (κ2) is 7.26. The lowest BCUT2D eigenvalue weighted by Crippen LogP contribution is -2.43. The summed E-state index contributed by atoms with van der Waals surface area (Å²) in [4.78, 5) is 24.6. The van der Waals surface area contributed by atoms with Crippen LogP contribution in [-0.4, -0.2) is 41.6 Å². The number of unbranched alkanes of at least 4 members (excludes halogenated alkanes) is 1. The molecule has 0 saturated carbocycles. The highest BCUT2D eigenvalue weighted by molar-refractivity contribution is 5.76. The van der Waals surface area contributed by atoms with Gasteiger partial charge in [-0.25, -0.2) is 0 Å². The van der Waals surface area contributed by atoms with Crippen molar-refractivity contribution in [2.45, 2.75) is 38.6 Å². The third-order valence-electron chi connectivity index (χ3n) is 3.57. The molecule has 0 radical (unpaired) electrons. The number of carboxylic acid groups (broad SMARTS) is 1. The van der Waals surface area contributed by atoms with Crippen molar-refractivity contribution in [1.29, 1.82) is 0 Å². The summed E-state index contributed by atoms with van der Waals surface area (Å²) in [5, 5.41) is 8.60. The molecule has 1 atom stereocenters. The van der Waals surface area contributed by atoms with Crippen LogP contribution in [0.3, 0.4) is 0 Å². The molecular weight excluding hydrogens is 274 g/mol. The van der Waals surface area contributed by atoms with Crippen LogP contribution in [0.4, 0.5) is 0 Å². The molecule has 2 rings (SSSR count). The van der Waals surface area contributed by atoms with E-state index in [1.165, 1.54) is 0 Å². The second-order valence-electron chi connectivity index (χ2n) is 5.23. The fraction of sp³-hybridized carbons (Fsp3) is 0.600. The van der Waals surface area contributed by atoms with Gasteiger partial charge in [0, 0.05) is 19.4 Å². The summed E-state index contributed by atoms with van der Waals surface area (Å²) in [6.45, 7) is 3.37. The van der Waals surface area contributed by atoms with Gasteiger partial charge in [-0.3, -0.25) is 9.59 Å². The van der Waals surface area contributed by atoms with Crippen molar-refractivity contribution in [3.8, 4) is 0 Å². The molecule has 1 N–H and O–H groups in total. The Kier molecular flexibility index (Phi) is 5.38. The summed E-state index contributed by atoms with van der Waals surface area (Å²) in [7, 11) is 0. The van der Waals surface area contributed by atoms with Crippen LogP contribution < -0.4 is 0 Å². The highest BCUT2D eigenvalue weighted by Crippen LogP contribution is 2.26. The maximum absolute atomic E-state index is 12.3. The van der Waals surface area contributed by atoms with Crippen LogP contribution in [0.1, 0.15) is 43.2 Å². The molecule has 0 aromatic carbocycles. The van der Waals surface area contributed by atoms with Gasteiger partial charge < -0.3 is 19.2 Å². The van der Waals surface area contributed by atoms with Crippen LogP contribution in [-0.2, 0) is 14.3 Å². The molecule has 2 heterocycles. The normalized spacial score (nSPS) is 18.7. The van der Waals surface area contributed by atoms with E-state index in [0.29, 0.717) is 39.0 Å². The number of rotatable bonds is 6. The first-order chi connectivity index (χ1) is 10.1. The molecule has 1 saturated heterocycles. The average molecular weight is 295 g/mol. The molecule has 0 spiro atoms. The number of carboxylic acids is 1. The fourth-order valence-corrected chi connectivity index (χ4v) is 2.47. The maximum Gasteiger partial charge on any atom is 0.303 e. The lowest BCUT2D eigenvalue weighted by atomic mass is 10.1. The van der Waals surface area contributed by atoms with Gasteiger partial charge in [-0.2, -0.15) is 0 Å². The molecular formula is C15H21NO5. The SMILES string of the molecule is Cc1ccc(C2COCCN2C(=O)CCCCC(=O)O)o1. The van der Waals surface area contributed by atoms with Gasteiger partial charge in [0.25, 0.3) is 0 Å². The Morgan fingerprint density at radius 3 is 2.76 bits per heavy atom. The topological polar surface area (TPSA) is 80.0 Å². The minimum Gasteiger partial charge on any atom is -0.481 e. The van der Waals surface area contributed by atoms with E-state index in [1.807, 2.05) is 19.1 Å². The Labute approximate surface area is 123 Å². The Balaban J connectivity index is 1.92. The molecule has 1 fully saturated rings. The Morgan fingerprint density at radius 2 is 2.10 bits per heavy atom. The molecule has 0 aliphatic carbocycles. The largest absolute Gasteiger partial charge is 0.481 e. The van der Waals surface area contributed by atoms with E-state index in [0.717, 1.165) is 11.5 Å². The summed E-state index contributed by atoms with van der Waals surface area (Å²) in [5.41, 5.74) is 0. The molecule has 1 aliphatic rings. The summed E-state index contributed by atoms with van der Waals surface area (Å²) in [6.07, 6.45) is 1.59. The third kappa shape index (κ3) is 4.32. The zero-order valence-electron chi connectivity index (χ0n) is 12.2. The molecule has 6 nitrogen and oxygen atoms in total. The molecule has 1 aromatic rings.